The zero-order chi connectivity index (χ0) is 14.0. The number of rotatable bonds is 4. The van der Waals surface area contributed by atoms with Crippen LogP contribution in [0, 0.1) is 12.3 Å². The lowest BCUT2D eigenvalue weighted by Crippen LogP contribution is -2.25. The smallest absolute Gasteiger partial charge is 0.153 e. The van der Waals surface area contributed by atoms with Gasteiger partial charge >= 0.3 is 0 Å². The second-order valence-corrected chi connectivity index (χ2v) is 5.00. The van der Waals surface area contributed by atoms with E-state index in [-0.39, 0.29) is 0 Å². The third-order valence-electron chi connectivity index (χ3n) is 2.79. The summed E-state index contributed by atoms with van der Waals surface area (Å²) in [5.41, 5.74) is 0.516. The molecule has 0 bridgehead atoms. The van der Waals surface area contributed by atoms with Gasteiger partial charge in [0.05, 0.1) is 11.6 Å². The normalized spacial score (nSPS) is 12.6. The zero-order valence-electron chi connectivity index (χ0n) is 10.2. The molecule has 2 rings (SSSR count). The standard InChI is InChI=1S/C14H11Cl2NO2/c1-3-4-17(2)12(8-18)13-6-9-5-10(15)7-11(16)14(9)19-13/h1,5-8,12H,4H2,2H3. The van der Waals surface area contributed by atoms with Crippen LogP contribution in [0.1, 0.15) is 11.8 Å². The second-order valence-electron chi connectivity index (χ2n) is 4.15. The third-order valence-corrected chi connectivity index (χ3v) is 3.29. The van der Waals surface area contributed by atoms with E-state index in [0.29, 0.717) is 27.9 Å². The van der Waals surface area contributed by atoms with Gasteiger partial charge in [0.25, 0.3) is 0 Å². The number of benzene rings is 1. The SMILES string of the molecule is C#CCN(C)C(C=O)c1cc2cc(Cl)cc(Cl)c2o1. The Hall–Kier alpha value is -1.47. The number of carbonyl (C=O) groups excluding carboxylic acids is 1. The fraction of sp³-hybridized carbons (Fsp3) is 0.214. The van der Waals surface area contributed by atoms with Crippen LogP contribution >= 0.6 is 23.2 Å². The van der Waals surface area contributed by atoms with Crippen molar-refractivity contribution < 1.29 is 9.21 Å². The molecule has 0 aliphatic rings. The van der Waals surface area contributed by atoms with Crippen LogP contribution in [0.5, 0.6) is 0 Å². The van der Waals surface area contributed by atoms with E-state index >= 15 is 0 Å². The number of hydrogen-bond donors (Lipinski definition) is 0. The average Bonchev–Trinajstić information content (AvgIpc) is 2.74. The van der Waals surface area contributed by atoms with Gasteiger partial charge in [0, 0.05) is 10.4 Å². The third kappa shape index (κ3) is 2.76. The number of fused-ring (bicyclic) bond motifs is 1. The molecule has 0 N–H and O–H groups in total. The predicted octanol–water partition coefficient (Wildman–Crippen LogP) is 3.54. The van der Waals surface area contributed by atoms with Crippen LogP contribution in [0.3, 0.4) is 0 Å². The van der Waals surface area contributed by atoms with E-state index < -0.39 is 6.04 Å². The summed E-state index contributed by atoms with van der Waals surface area (Å²) in [6.45, 7) is 0.342. The molecule has 5 heteroatoms. The Morgan fingerprint density at radius 2 is 2.21 bits per heavy atom. The molecule has 0 spiro atoms. The lowest BCUT2D eigenvalue weighted by molar-refractivity contribution is -0.112. The first-order chi connectivity index (χ1) is 9.06. The van der Waals surface area contributed by atoms with Crippen molar-refractivity contribution in [1.82, 2.24) is 4.90 Å². The summed E-state index contributed by atoms with van der Waals surface area (Å²) in [7, 11) is 1.75. The fourth-order valence-electron chi connectivity index (χ4n) is 1.87. The maximum Gasteiger partial charge on any atom is 0.153 e. The van der Waals surface area contributed by atoms with Crippen molar-refractivity contribution in [1.29, 1.82) is 0 Å². The largest absolute Gasteiger partial charge is 0.457 e. The summed E-state index contributed by atoms with van der Waals surface area (Å²) in [5.74, 6) is 2.98. The highest BCUT2D eigenvalue weighted by Gasteiger charge is 2.20. The molecule has 0 amide bonds. The summed E-state index contributed by atoms with van der Waals surface area (Å²) in [6.07, 6.45) is 6.02. The minimum atomic E-state index is -0.543. The van der Waals surface area contributed by atoms with Gasteiger partial charge in [-0.05, 0) is 25.2 Å². The van der Waals surface area contributed by atoms with Crippen molar-refractivity contribution in [2.24, 2.45) is 0 Å². The highest BCUT2D eigenvalue weighted by atomic mass is 35.5. The molecule has 1 unspecified atom stereocenters. The van der Waals surface area contributed by atoms with Crippen LogP contribution in [0.25, 0.3) is 11.0 Å². The number of likely N-dealkylation sites (N-methyl/N-ethyl adjacent to an activating group) is 1. The first-order valence-electron chi connectivity index (χ1n) is 5.54. The first kappa shape index (κ1) is 14.0. The maximum atomic E-state index is 11.2. The Labute approximate surface area is 121 Å². The molecular weight excluding hydrogens is 285 g/mol. The van der Waals surface area contributed by atoms with Crippen LogP contribution in [-0.4, -0.2) is 24.8 Å². The van der Waals surface area contributed by atoms with Crippen molar-refractivity contribution in [3.05, 3.63) is 34.0 Å². The number of carbonyl (C=O) groups is 1. The molecular formula is C14H11Cl2NO2. The van der Waals surface area contributed by atoms with Crippen LogP contribution in [0.2, 0.25) is 10.0 Å². The summed E-state index contributed by atoms with van der Waals surface area (Å²) >= 11 is 12.0. The van der Waals surface area contributed by atoms with Crippen LogP contribution < -0.4 is 0 Å². The Morgan fingerprint density at radius 3 is 2.84 bits per heavy atom. The van der Waals surface area contributed by atoms with Gasteiger partial charge in [-0.3, -0.25) is 4.90 Å². The molecule has 0 radical (unpaired) electrons. The summed E-state index contributed by atoms with van der Waals surface area (Å²) in [4.78, 5) is 12.9. The van der Waals surface area contributed by atoms with Gasteiger partial charge in [0.2, 0.25) is 0 Å². The molecule has 1 heterocycles. The fourth-order valence-corrected chi connectivity index (χ4v) is 2.42. The molecule has 1 atom stereocenters. The predicted molar refractivity (Wildman–Crippen MR) is 76.5 cm³/mol. The van der Waals surface area contributed by atoms with Crippen LogP contribution in [-0.2, 0) is 4.79 Å². The van der Waals surface area contributed by atoms with Crippen molar-refractivity contribution in [3.63, 3.8) is 0 Å². The summed E-state index contributed by atoms with van der Waals surface area (Å²) in [6, 6.07) is 4.54. The molecule has 0 saturated carbocycles. The van der Waals surface area contributed by atoms with Crippen molar-refractivity contribution in [3.8, 4) is 12.3 Å². The van der Waals surface area contributed by atoms with Gasteiger partial charge in [-0.2, -0.15) is 0 Å². The number of aldehydes is 1. The van der Waals surface area contributed by atoms with Gasteiger partial charge in [0.15, 0.2) is 5.58 Å². The monoisotopic (exact) mass is 295 g/mol. The van der Waals surface area contributed by atoms with E-state index in [1.54, 1.807) is 30.1 Å². The van der Waals surface area contributed by atoms with E-state index in [1.165, 1.54) is 0 Å². The summed E-state index contributed by atoms with van der Waals surface area (Å²) in [5, 5.41) is 1.69. The quantitative estimate of drug-likeness (QED) is 0.639. The minimum Gasteiger partial charge on any atom is -0.457 e. The van der Waals surface area contributed by atoms with Crippen molar-refractivity contribution in [2.75, 3.05) is 13.6 Å². The molecule has 0 fully saturated rings. The number of halogens is 2. The molecule has 0 aliphatic carbocycles. The molecule has 2 aromatic rings. The maximum absolute atomic E-state index is 11.2. The highest BCUT2D eigenvalue weighted by molar-refractivity contribution is 6.38. The summed E-state index contributed by atoms with van der Waals surface area (Å²) < 4.78 is 5.64. The van der Waals surface area contributed by atoms with Gasteiger partial charge in [-0.15, -0.1) is 6.42 Å². The molecule has 1 aromatic heterocycles. The van der Waals surface area contributed by atoms with E-state index in [0.717, 1.165) is 11.7 Å². The second kappa shape index (κ2) is 5.66. The Bertz CT molecular complexity index is 657. The minimum absolute atomic E-state index is 0.342. The molecule has 1 aromatic carbocycles. The van der Waals surface area contributed by atoms with Crippen LogP contribution in [0.15, 0.2) is 22.6 Å². The molecule has 98 valence electrons. The highest BCUT2D eigenvalue weighted by Crippen LogP contribution is 2.33. The van der Waals surface area contributed by atoms with E-state index in [2.05, 4.69) is 5.92 Å². The Morgan fingerprint density at radius 1 is 1.47 bits per heavy atom. The van der Waals surface area contributed by atoms with E-state index in [9.17, 15) is 4.79 Å². The molecule has 0 aliphatic heterocycles. The number of furan rings is 1. The lowest BCUT2D eigenvalue weighted by Gasteiger charge is -2.18. The molecule has 3 nitrogen and oxygen atoms in total. The van der Waals surface area contributed by atoms with Gasteiger partial charge in [-0.1, -0.05) is 29.1 Å². The van der Waals surface area contributed by atoms with Crippen LogP contribution in [0.4, 0.5) is 0 Å². The first-order valence-corrected chi connectivity index (χ1v) is 6.30. The van der Waals surface area contributed by atoms with E-state index in [4.69, 9.17) is 34.0 Å². The van der Waals surface area contributed by atoms with Gasteiger partial charge < -0.3 is 9.21 Å². The van der Waals surface area contributed by atoms with E-state index in [1.807, 2.05) is 0 Å². The van der Waals surface area contributed by atoms with Gasteiger partial charge in [-0.25, -0.2) is 0 Å². The van der Waals surface area contributed by atoms with Gasteiger partial charge in [0.1, 0.15) is 18.1 Å². The Kier molecular flexibility index (Phi) is 4.16. The zero-order valence-corrected chi connectivity index (χ0v) is 11.7. The lowest BCUT2D eigenvalue weighted by atomic mass is 10.2. The number of nitrogens with zero attached hydrogens (tertiary/aromatic N) is 1. The van der Waals surface area contributed by atoms with Crippen molar-refractivity contribution >= 4 is 40.5 Å². The van der Waals surface area contributed by atoms with Crippen molar-refractivity contribution in [2.45, 2.75) is 6.04 Å². The average molecular weight is 296 g/mol. The molecule has 0 saturated heterocycles. The topological polar surface area (TPSA) is 33.5 Å². The Balaban J connectivity index is 2.48. The number of terminal acetylenes is 1. The molecule has 19 heavy (non-hydrogen) atoms. The number of hydrogen-bond acceptors (Lipinski definition) is 3.